The second-order valence-electron chi connectivity index (χ2n) is 6.36. The molecule has 2 amide bonds. The number of benzene rings is 1. The standard InChI is InChI=1S/C19H22N2O4/c1-19(2,3)25-17(22)20-16-11-7-8-12-21(13-16)18(23)24-14-15-9-5-4-6-10-15/h4-13H,14H2,1-3H3,(H,20,22). The molecular formula is C19H22N2O4. The predicted octanol–water partition coefficient (Wildman–Crippen LogP) is 4.07. The molecule has 0 saturated carbocycles. The van der Waals surface area contributed by atoms with Crippen LogP contribution in [0.4, 0.5) is 9.59 Å². The summed E-state index contributed by atoms with van der Waals surface area (Å²) in [5.41, 5.74) is 0.700. The molecule has 1 aromatic rings. The van der Waals surface area contributed by atoms with Gasteiger partial charge in [0.2, 0.25) is 0 Å². The summed E-state index contributed by atoms with van der Waals surface area (Å²) in [5.74, 6) is 0. The molecule has 0 aromatic heterocycles. The number of amides is 2. The van der Waals surface area contributed by atoms with Crippen LogP contribution in [0.15, 0.2) is 66.7 Å². The normalized spacial score (nSPS) is 13.7. The maximum Gasteiger partial charge on any atom is 0.418 e. The van der Waals surface area contributed by atoms with Crippen LogP contribution in [-0.2, 0) is 16.1 Å². The molecule has 0 fully saturated rings. The highest BCUT2D eigenvalue weighted by Crippen LogP contribution is 2.11. The summed E-state index contributed by atoms with van der Waals surface area (Å²) >= 11 is 0. The van der Waals surface area contributed by atoms with Crippen LogP contribution in [0.5, 0.6) is 0 Å². The Labute approximate surface area is 147 Å². The molecule has 6 heteroatoms. The van der Waals surface area contributed by atoms with Gasteiger partial charge >= 0.3 is 12.2 Å². The Morgan fingerprint density at radius 1 is 1.12 bits per heavy atom. The lowest BCUT2D eigenvalue weighted by Crippen LogP contribution is -2.32. The van der Waals surface area contributed by atoms with Crippen molar-refractivity contribution in [3.63, 3.8) is 0 Å². The topological polar surface area (TPSA) is 67.9 Å². The van der Waals surface area contributed by atoms with Crippen LogP contribution in [0.25, 0.3) is 0 Å². The summed E-state index contributed by atoms with van der Waals surface area (Å²) < 4.78 is 10.5. The lowest BCUT2D eigenvalue weighted by molar-refractivity contribution is 0.0546. The van der Waals surface area contributed by atoms with Gasteiger partial charge < -0.3 is 9.47 Å². The van der Waals surface area contributed by atoms with E-state index in [4.69, 9.17) is 9.47 Å². The van der Waals surface area contributed by atoms with Gasteiger partial charge in [0.1, 0.15) is 12.2 Å². The number of ether oxygens (including phenoxy) is 2. The molecule has 1 N–H and O–H groups in total. The van der Waals surface area contributed by atoms with E-state index in [1.165, 1.54) is 11.1 Å². The van der Waals surface area contributed by atoms with Crippen LogP contribution in [0.2, 0.25) is 0 Å². The molecule has 1 aliphatic heterocycles. The zero-order valence-corrected chi connectivity index (χ0v) is 14.6. The Hall–Kier alpha value is -3.02. The quantitative estimate of drug-likeness (QED) is 0.899. The van der Waals surface area contributed by atoms with Gasteiger partial charge in [-0.1, -0.05) is 36.4 Å². The first-order chi connectivity index (χ1) is 11.8. The van der Waals surface area contributed by atoms with Gasteiger partial charge in [-0.3, -0.25) is 10.2 Å². The number of allylic oxidation sites excluding steroid dienone is 3. The van der Waals surface area contributed by atoms with Crippen LogP contribution in [0, 0.1) is 0 Å². The third kappa shape index (κ3) is 6.55. The number of carbonyl (C=O) groups is 2. The summed E-state index contributed by atoms with van der Waals surface area (Å²) in [6, 6.07) is 9.39. The molecular weight excluding hydrogens is 320 g/mol. The van der Waals surface area contributed by atoms with Crippen molar-refractivity contribution < 1.29 is 19.1 Å². The van der Waals surface area contributed by atoms with E-state index >= 15 is 0 Å². The zero-order chi connectivity index (χ0) is 18.3. The molecule has 1 aromatic carbocycles. The SMILES string of the molecule is CC(C)(C)OC(=O)NC1=CN(C(=O)OCc2ccccc2)C=CC=C1. The average molecular weight is 342 g/mol. The van der Waals surface area contributed by atoms with Crippen molar-refractivity contribution in [1.82, 2.24) is 10.2 Å². The number of nitrogens with one attached hydrogen (secondary N) is 1. The minimum absolute atomic E-state index is 0.167. The van der Waals surface area contributed by atoms with Crippen molar-refractivity contribution in [1.29, 1.82) is 0 Å². The minimum atomic E-state index is -0.606. The highest BCUT2D eigenvalue weighted by molar-refractivity contribution is 5.73. The van der Waals surface area contributed by atoms with Crippen molar-refractivity contribution >= 4 is 12.2 Å². The Morgan fingerprint density at radius 2 is 1.84 bits per heavy atom. The summed E-state index contributed by atoms with van der Waals surface area (Å²) in [4.78, 5) is 25.3. The number of rotatable bonds is 3. The smallest absolute Gasteiger partial charge is 0.418 e. The fourth-order valence-electron chi connectivity index (χ4n) is 1.94. The van der Waals surface area contributed by atoms with Crippen LogP contribution in [0.1, 0.15) is 26.3 Å². The number of hydrogen-bond acceptors (Lipinski definition) is 4. The lowest BCUT2D eigenvalue weighted by Gasteiger charge is -2.20. The third-order valence-electron chi connectivity index (χ3n) is 2.97. The lowest BCUT2D eigenvalue weighted by atomic mass is 10.2. The second-order valence-corrected chi connectivity index (χ2v) is 6.36. The van der Waals surface area contributed by atoms with E-state index in [2.05, 4.69) is 5.32 Å². The summed E-state index contributed by atoms with van der Waals surface area (Å²) in [6.07, 6.45) is 6.91. The highest BCUT2D eigenvalue weighted by Gasteiger charge is 2.18. The predicted molar refractivity (Wildman–Crippen MR) is 94.2 cm³/mol. The van der Waals surface area contributed by atoms with Gasteiger partial charge in [-0.2, -0.15) is 0 Å². The minimum Gasteiger partial charge on any atom is -0.444 e. The number of alkyl carbamates (subject to hydrolysis) is 1. The van der Waals surface area contributed by atoms with Crippen molar-refractivity contribution in [2.75, 3.05) is 0 Å². The van der Waals surface area contributed by atoms with E-state index in [9.17, 15) is 9.59 Å². The van der Waals surface area contributed by atoms with E-state index in [1.54, 1.807) is 45.2 Å². The third-order valence-corrected chi connectivity index (χ3v) is 2.97. The average Bonchev–Trinajstić information content (AvgIpc) is 2.77. The van der Waals surface area contributed by atoms with Gasteiger partial charge in [0.15, 0.2) is 0 Å². The Morgan fingerprint density at radius 3 is 2.52 bits per heavy atom. The molecule has 1 aliphatic rings. The molecule has 1 heterocycles. The number of hydrogen-bond donors (Lipinski definition) is 1. The molecule has 0 spiro atoms. The van der Waals surface area contributed by atoms with Crippen molar-refractivity contribution in [3.8, 4) is 0 Å². The van der Waals surface area contributed by atoms with E-state index in [0.717, 1.165) is 5.56 Å². The zero-order valence-electron chi connectivity index (χ0n) is 14.6. The van der Waals surface area contributed by atoms with E-state index < -0.39 is 17.8 Å². The highest BCUT2D eigenvalue weighted by atomic mass is 16.6. The summed E-state index contributed by atoms with van der Waals surface area (Å²) in [6.45, 7) is 5.50. The Balaban J connectivity index is 1.97. The molecule has 0 bridgehead atoms. The first-order valence-electron chi connectivity index (χ1n) is 7.89. The Bertz CT molecular complexity index is 700. The molecule has 0 unspecified atom stereocenters. The summed E-state index contributed by atoms with van der Waals surface area (Å²) in [7, 11) is 0. The van der Waals surface area contributed by atoms with Gasteiger partial charge in [0.05, 0.1) is 5.70 Å². The van der Waals surface area contributed by atoms with E-state index in [-0.39, 0.29) is 6.61 Å². The number of carbonyl (C=O) groups excluding carboxylic acids is 2. The van der Waals surface area contributed by atoms with Gasteiger partial charge in [-0.25, -0.2) is 9.59 Å². The molecule has 6 nitrogen and oxygen atoms in total. The van der Waals surface area contributed by atoms with Gasteiger partial charge in [0, 0.05) is 12.4 Å². The molecule has 132 valence electrons. The fraction of sp³-hybridized carbons (Fsp3) is 0.263. The maximum atomic E-state index is 12.2. The maximum absolute atomic E-state index is 12.2. The van der Waals surface area contributed by atoms with Crippen molar-refractivity contribution in [2.24, 2.45) is 0 Å². The first kappa shape index (κ1) is 18.3. The largest absolute Gasteiger partial charge is 0.444 e. The van der Waals surface area contributed by atoms with Crippen LogP contribution >= 0.6 is 0 Å². The fourth-order valence-corrected chi connectivity index (χ4v) is 1.94. The molecule has 0 aliphatic carbocycles. The molecule has 0 radical (unpaired) electrons. The van der Waals surface area contributed by atoms with Gasteiger partial charge in [0.25, 0.3) is 0 Å². The van der Waals surface area contributed by atoms with Gasteiger partial charge in [-0.15, -0.1) is 0 Å². The second kappa shape index (κ2) is 8.19. The van der Waals surface area contributed by atoms with E-state index in [0.29, 0.717) is 5.70 Å². The van der Waals surface area contributed by atoms with Crippen LogP contribution < -0.4 is 5.32 Å². The monoisotopic (exact) mass is 342 g/mol. The molecule has 0 saturated heterocycles. The van der Waals surface area contributed by atoms with Crippen molar-refractivity contribution in [2.45, 2.75) is 33.0 Å². The van der Waals surface area contributed by atoms with Crippen LogP contribution in [0.3, 0.4) is 0 Å². The first-order valence-corrected chi connectivity index (χ1v) is 7.89. The van der Waals surface area contributed by atoms with Gasteiger partial charge in [-0.05, 0) is 38.5 Å². The van der Waals surface area contributed by atoms with E-state index in [1.807, 2.05) is 30.3 Å². The summed E-state index contributed by atoms with van der Waals surface area (Å²) in [5, 5.41) is 2.60. The Kier molecular flexibility index (Phi) is 6.00. The molecule has 2 rings (SSSR count). The van der Waals surface area contributed by atoms with Crippen molar-refractivity contribution in [3.05, 3.63) is 72.2 Å². The molecule has 25 heavy (non-hydrogen) atoms. The van der Waals surface area contributed by atoms with Crippen LogP contribution in [-0.4, -0.2) is 22.7 Å². The molecule has 0 atom stereocenters. The number of nitrogens with zero attached hydrogens (tertiary/aromatic N) is 1.